The van der Waals surface area contributed by atoms with E-state index in [1.54, 1.807) is 18.3 Å². The first-order valence-corrected chi connectivity index (χ1v) is 5.95. The van der Waals surface area contributed by atoms with E-state index in [-0.39, 0.29) is 11.9 Å². The molecule has 0 saturated carbocycles. The number of rotatable bonds is 5. The van der Waals surface area contributed by atoms with Crippen molar-refractivity contribution in [3.63, 3.8) is 0 Å². The van der Waals surface area contributed by atoms with Gasteiger partial charge >= 0.3 is 0 Å². The molecule has 2 heterocycles. The lowest BCUT2D eigenvalue weighted by Gasteiger charge is -2.12. The first-order chi connectivity index (χ1) is 9.20. The second kappa shape index (κ2) is 5.89. The number of tetrazole rings is 1. The number of hydrogen-bond acceptors (Lipinski definition) is 6. The fraction of sp³-hybridized carbons (Fsp3) is 0.364. The summed E-state index contributed by atoms with van der Waals surface area (Å²) in [5.41, 5.74) is 1.14. The number of carbonyl (C=O) groups is 1. The number of aromatic nitrogens is 5. The van der Waals surface area contributed by atoms with Crippen molar-refractivity contribution in [3.8, 4) is 0 Å². The lowest BCUT2D eigenvalue weighted by molar-refractivity contribution is 0.0951. The summed E-state index contributed by atoms with van der Waals surface area (Å²) >= 11 is 0. The van der Waals surface area contributed by atoms with Gasteiger partial charge in [-0.25, -0.2) is 0 Å². The van der Waals surface area contributed by atoms with Crippen molar-refractivity contribution in [2.24, 2.45) is 0 Å². The Kier molecular flexibility index (Phi) is 4.01. The molecule has 0 aliphatic rings. The van der Waals surface area contributed by atoms with Crippen molar-refractivity contribution in [1.82, 2.24) is 30.9 Å². The molecule has 0 fully saturated rings. The number of amides is 1. The van der Waals surface area contributed by atoms with E-state index in [2.05, 4.69) is 36.2 Å². The molecule has 2 aromatic rings. The summed E-state index contributed by atoms with van der Waals surface area (Å²) in [6.45, 7) is 4.33. The minimum atomic E-state index is -0.196. The molecule has 0 bridgehead atoms. The van der Waals surface area contributed by atoms with Crippen LogP contribution in [0.3, 0.4) is 0 Å². The first kappa shape index (κ1) is 12.9. The highest BCUT2D eigenvalue weighted by Gasteiger charge is 2.11. The van der Waals surface area contributed by atoms with Crippen molar-refractivity contribution >= 4 is 11.6 Å². The molecule has 0 aromatic carbocycles. The highest BCUT2D eigenvalue weighted by atomic mass is 16.1. The van der Waals surface area contributed by atoms with E-state index in [0.29, 0.717) is 18.1 Å². The molecule has 19 heavy (non-hydrogen) atoms. The average Bonchev–Trinajstić information content (AvgIpc) is 2.93. The maximum Gasteiger partial charge on any atom is 0.269 e. The molecule has 3 N–H and O–H groups in total. The Labute approximate surface area is 110 Å². The minimum Gasteiger partial charge on any atom is -0.375 e. The highest BCUT2D eigenvalue weighted by molar-refractivity contribution is 5.93. The van der Waals surface area contributed by atoms with Gasteiger partial charge in [0.2, 0.25) is 0 Å². The second-order valence-electron chi connectivity index (χ2n) is 3.93. The zero-order chi connectivity index (χ0) is 13.7. The van der Waals surface area contributed by atoms with Crippen molar-refractivity contribution < 1.29 is 4.79 Å². The second-order valence-corrected chi connectivity index (χ2v) is 3.93. The topological polar surface area (TPSA) is 108 Å². The number of nitrogens with zero attached hydrogens (tertiary/aromatic N) is 4. The molecule has 100 valence electrons. The highest BCUT2D eigenvalue weighted by Crippen LogP contribution is 2.15. The summed E-state index contributed by atoms with van der Waals surface area (Å²) in [5.74, 6) is 0.356. The van der Waals surface area contributed by atoms with Crippen LogP contribution in [-0.2, 0) is 0 Å². The Balaban J connectivity index is 2.09. The van der Waals surface area contributed by atoms with Crippen LogP contribution in [0.2, 0.25) is 0 Å². The van der Waals surface area contributed by atoms with E-state index in [0.717, 1.165) is 5.69 Å². The van der Waals surface area contributed by atoms with E-state index >= 15 is 0 Å². The SMILES string of the molecule is CCNC(=O)c1cc(NC(C)c2nn[nH]n2)ccn1. The van der Waals surface area contributed by atoms with E-state index in [9.17, 15) is 4.79 Å². The van der Waals surface area contributed by atoms with E-state index < -0.39 is 0 Å². The van der Waals surface area contributed by atoms with Gasteiger partial charge in [0.1, 0.15) is 5.69 Å². The molecule has 1 amide bonds. The molecule has 0 aliphatic carbocycles. The lowest BCUT2D eigenvalue weighted by atomic mass is 10.2. The Morgan fingerprint density at radius 3 is 3.05 bits per heavy atom. The smallest absolute Gasteiger partial charge is 0.269 e. The zero-order valence-corrected chi connectivity index (χ0v) is 10.7. The maximum absolute atomic E-state index is 11.7. The van der Waals surface area contributed by atoms with Crippen LogP contribution in [0.4, 0.5) is 5.69 Å². The third kappa shape index (κ3) is 3.24. The summed E-state index contributed by atoms with van der Waals surface area (Å²) in [4.78, 5) is 15.7. The molecule has 1 unspecified atom stereocenters. The van der Waals surface area contributed by atoms with Crippen LogP contribution in [0.15, 0.2) is 18.3 Å². The van der Waals surface area contributed by atoms with Crippen LogP contribution in [0.5, 0.6) is 0 Å². The van der Waals surface area contributed by atoms with Crippen LogP contribution in [0.25, 0.3) is 0 Å². The van der Waals surface area contributed by atoms with Crippen LogP contribution in [-0.4, -0.2) is 38.1 Å². The van der Waals surface area contributed by atoms with Crippen LogP contribution < -0.4 is 10.6 Å². The Morgan fingerprint density at radius 2 is 2.37 bits per heavy atom. The van der Waals surface area contributed by atoms with Crippen LogP contribution >= 0.6 is 0 Å². The molecule has 0 saturated heterocycles. The molecule has 0 radical (unpaired) electrons. The number of pyridine rings is 1. The number of anilines is 1. The molecular formula is C11H15N7O. The van der Waals surface area contributed by atoms with Crippen molar-refractivity contribution in [3.05, 3.63) is 29.8 Å². The van der Waals surface area contributed by atoms with Gasteiger partial charge in [-0.05, 0) is 26.0 Å². The van der Waals surface area contributed by atoms with Gasteiger partial charge < -0.3 is 10.6 Å². The number of carbonyl (C=O) groups excluding carboxylic acids is 1. The minimum absolute atomic E-state index is 0.122. The zero-order valence-electron chi connectivity index (χ0n) is 10.7. The van der Waals surface area contributed by atoms with Crippen molar-refractivity contribution in [1.29, 1.82) is 0 Å². The number of aromatic amines is 1. The average molecular weight is 261 g/mol. The summed E-state index contributed by atoms with van der Waals surface area (Å²) in [6, 6.07) is 3.34. The predicted octanol–water partition coefficient (Wildman–Crippen LogP) is 0.517. The molecule has 8 heteroatoms. The predicted molar refractivity (Wildman–Crippen MR) is 68.5 cm³/mol. The van der Waals surface area contributed by atoms with Gasteiger partial charge in [-0.2, -0.15) is 5.21 Å². The van der Waals surface area contributed by atoms with Gasteiger partial charge in [0.15, 0.2) is 5.82 Å². The molecule has 1 atom stereocenters. The number of hydrogen-bond donors (Lipinski definition) is 3. The monoisotopic (exact) mass is 261 g/mol. The van der Waals surface area contributed by atoms with Crippen molar-refractivity contribution in [2.45, 2.75) is 19.9 Å². The Morgan fingerprint density at radius 1 is 1.53 bits per heavy atom. The molecule has 0 spiro atoms. The normalized spacial score (nSPS) is 11.9. The van der Waals surface area contributed by atoms with Gasteiger partial charge in [-0.3, -0.25) is 9.78 Å². The third-order valence-electron chi connectivity index (χ3n) is 2.46. The summed E-state index contributed by atoms with van der Waals surface area (Å²) < 4.78 is 0. The third-order valence-corrected chi connectivity index (χ3v) is 2.46. The fourth-order valence-electron chi connectivity index (χ4n) is 1.56. The Bertz CT molecular complexity index is 540. The Hall–Kier alpha value is -2.51. The van der Waals surface area contributed by atoms with Gasteiger partial charge in [0.25, 0.3) is 5.91 Å². The molecule has 2 aromatic heterocycles. The van der Waals surface area contributed by atoms with Gasteiger partial charge in [0, 0.05) is 18.4 Å². The fourth-order valence-corrected chi connectivity index (χ4v) is 1.56. The first-order valence-electron chi connectivity index (χ1n) is 5.95. The summed E-state index contributed by atoms with van der Waals surface area (Å²) in [7, 11) is 0. The standard InChI is InChI=1S/C11H15N7O/c1-3-12-11(19)9-6-8(4-5-13-9)14-7(2)10-15-17-18-16-10/h4-7H,3H2,1-2H3,(H,12,19)(H,13,14)(H,15,16,17,18). The van der Waals surface area contributed by atoms with E-state index in [1.807, 2.05) is 13.8 Å². The molecule has 2 rings (SSSR count). The van der Waals surface area contributed by atoms with Gasteiger partial charge in [-0.1, -0.05) is 5.21 Å². The largest absolute Gasteiger partial charge is 0.375 e. The van der Waals surface area contributed by atoms with E-state index in [4.69, 9.17) is 0 Å². The molecule has 0 aliphatic heterocycles. The number of nitrogens with one attached hydrogen (secondary N) is 3. The summed E-state index contributed by atoms with van der Waals surface area (Å²) in [6.07, 6.45) is 1.58. The molecule has 8 nitrogen and oxygen atoms in total. The maximum atomic E-state index is 11.7. The van der Waals surface area contributed by atoms with Gasteiger partial charge in [-0.15, -0.1) is 10.2 Å². The lowest BCUT2D eigenvalue weighted by Crippen LogP contribution is -2.23. The molecular weight excluding hydrogens is 246 g/mol. The number of H-pyrrole nitrogens is 1. The summed E-state index contributed by atoms with van der Waals surface area (Å²) in [5, 5.41) is 19.6. The van der Waals surface area contributed by atoms with E-state index in [1.165, 1.54) is 0 Å². The van der Waals surface area contributed by atoms with Crippen LogP contribution in [0.1, 0.15) is 36.2 Å². The quantitative estimate of drug-likeness (QED) is 0.724. The van der Waals surface area contributed by atoms with Gasteiger partial charge in [0.05, 0.1) is 6.04 Å². The van der Waals surface area contributed by atoms with Crippen molar-refractivity contribution in [2.75, 3.05) is 11.9 Å². The van der Waals surface area contributed by atoms with Crippen LogP contribution in [0, 0.1) is 0 Å².